The van der Waals surface area contributed by atoms with Gasteiger partial charge in [-0.3, -0.25) is 4.79 Å². The van der Waals surface area contributed by atoms with Crippen LogP contribution in [-0.2, 0) is 17.9 Å². The van der Waals surface area contributed by atoms with Gasteiger partial charge in [0.15, 0.2) is 0 Å². The third-order valence-corrected chi connectivity index (χ3v) is 4.06. The van der Waals surface area contributed by atoms with Crippen molar-refractivity contribution in [2.24, 2.45) is 0 Å². The second-order valence-electron chi connectivity index (χ2n) is 5.99. The molecule has 1 fully saturated rings. The first-order valence-electron chi connectivity index (χ1n) is 8.15. The number of rotatable bonds is 6. The SMILES string of the molecule is O=C(NCc1ccc(COc2ccccc2)cc1)[C@@H]1C[C@H](O)CN1. The van der Waals surface area contributed by atoms with E-state index in [4.69, 9.17) is 4.74 Å². The number of ether oxygens (including phenoxy) is 1. The van der Waals surface area contributed by atoms with Crippen molar-refractivity contribution in [1.29, 1.82) is 0 Å². The number of hydrogen-bond acceptors (Lipinski definition) is 4. The summed E-state index contributed by atoms with van der Waals surface area (Å²) in [5.74, 6) is 0.781. The van der Waals surface area contributed by atoms with Crippen molar-refractivity contribution >= 4 is 5.91 Å². The number of nitrogens with one attached hydrogen (secondary N) is 2. The average Bonchev–Trinajstić information content (AvgIpc) is 3.06. The number of carbonyl (C=O) groups excluding carboxylic acids is 1. The number of aliphatic hydroxyl groups is 1. The lowest BCUT2D eigenvalue weighted by molar-refractivity contribution is -0.123. The van der Waals surface area contributed by atoms with Gasteiger partial charge in [-0.15, -0.1) is 0 Å². The van der Waals surface area contributed by atoms with Gasteiger partial charge in [0, 0.05) is 13.1 Å². The molecule has 0 saturated carbocycles. The zero-order valence-electron chi connectivity index (χ0n) is 13.4. The topological polar surface area (TPSA) is 70.6 Å². The van der Waals surface area contributed by atoms with Gasteiger partial charge in [-0.25, -0.2) is 0 Å². The minimum atomic E-state index is -0.426. The number of amides is 1. The van der Waals surface area contributed by atoms with Crippen molar-refractivity contribution in [3.63, 3.8) is 0 Å². The monoisotopic (exact) mass is 326 g/mol. The highest BCUT2D eigenvalue weighted by Gasteiger charge is 2.27. The molecule has 2 aromatic carbocycles. The van der Waals surface area contributed by atoms with Crippen molar-refractivity contribution in [2.75, 3.05) is 6.54 Å². The van der Waals surface area contributed by atoms with Crippen LogP contribution in [0.2, 0.25) is 0 Å². The van der Waals surface area contributed by atoms with Crippen LogP contribution in [0, 0.1) is 0 Å². The van der Waals surface area contributed by atoms with Crippen molar-refractivity contribution in [3.8, 4) is 5.75 Å². The predicted octanol–water partition coefficient (Wildman–Crippen LogP) is 1.60. The van der Waals surface area contributed by atoms with Crippen LogP contribution in [0.15, 0.2) is 54.6 Å². The molecule has 0 aromatic heterocycles. The number of hydrogen-bond donors (Lipinski definition) is 3. The first-order chi connectivity index (χ1) is 11.7. The van der Waals surface area contributed by atoms with Crippen LogP contribution >= 0.6 is 0 Å². The van der Waals surface area contributed by atoms with E-state index in [1.807, 2.05) is 54.6 Å². The zero-order chi connectivity index (χ0) is 16.8. The summed E-state index contributed by atoms with van der Waals surface area (Å²) >= 11 is 0. The summed E-state index contributed by atoms with van der Waals surface area (Å²) in [6.45, 7) is 1.47. The Bertz CT molecular complexity index is 658. The molecule has 2 aromatic rings. The van der Waals surface area contributed by atoms with Crippen LogP contribution in [0.1, 0.15) is 17.5 Å². The molecule has 0 bridgehead atoms. The molecule has 1 heterocycles. The second-order valence-corrected chi connectivity index (χ2v) is 5.99. The minimum absolute atomic E-state index is 0.0666. The fourth-order valence-electron chi connectivity index (χ4n) is 2.67. The molecule has 0 aliphatic carbocycles. The van der Waals surface area contributed by atoms with Crippen molar-refractivity contribution in [3.05, 3.63) is 65.7 Å². The van der Waals surface area contributed by atoms with E-state index in [2.05, 4.69) is 10.6 Å². The molecule has 3 N–H and O–H groups in total. The molecule has 0 radical (unpaired) electrons. The maximum Gasteiger partial charge on any atom is 0.237 e. The van der Waals surface area contributed by atoms with Gasteiger partial charge < -0.3 is 20.5 Å². The van der Waals surface area contributed by atoms with Gasteiger partial charge in [0.1, 0.15) is 12.4 Å². The molecule has 5 nitrogen and oxygen atoms in total. The third-order valence-electron chi connectivity index (χ3n) is 4.06. The predicted molar refractivity (Wildman–Crippen MR) is 91.5 cm³/mol. The normalized spacial score (nSPS) is 19.9. The maximum absolute atomic E-state index is 12.0. The molecule has 2 atom stereocenters. The van der Waals surface area contributed by atoms with Gasteiger partial charge in [0.25, 0.3) is 0 Å². The molecule has 0 unspecified atom stereocenters. The smallest absolute Gasteiger partial charge is 0.237 e. The number of carbonyl (C=O) groups is 1. The Labute approximate surface area is 141 Å². The Balaban J connectivity index is 1.45. The van der Waals surface area contributed by atoms with Gasteiger partial charge in [0.2, 0.25) is 5.91 Å². The zero-order valence-corrected chi connectivity index (χ0v) is 13.4. The van der Waals surface area contributed by atoms with Crippen LogP contribution in [-0.4, -0.2) is 29.7 Å². The van der Waals surface area contributed by atoms with E-state index in [0.717, 1.165) is 16.9 Å². The van der Waals surface area contributed by atoms with Crippen molar-refractivity contribution < 1.29 is 14.6 Å². The van der Waals surface area contributed by atoms with Gasteiger partial charge in [-0.2, -0.15) is 0 Å². The van der Waals surface area contributed by atoms with Gasteiger partial charge >= 0.3 is 0 Å². The van der Waals surface area contributed by atoms with E-state index in [-0.39, 0.29) is 11.9 Å². The lowest BCUT2D eigenvalue weighted by atomic mass is 10.1. The Hall–Kier alpha value is -2.37. The van der Waals surface area contributed by atoms with Crippen LogP contribution in [0.3, 0.4) is 0 Å². The highest BCUT2D eigenvalue weighted by molar-refractivity contribution is 5.82. The molecule has 24 heavy (non-hydrogen) atoms. The molecule has 1 aliphatic rings. The van der Waals surface area contributed by atoms with Gasteiger partial charge in [0.05, 0.1) is 12.1 Å². The van der Waals surface area contributed by atoms with Crippen LogP contribution < -0.4 is 15.4 Å². The average molecular weight is 326 g/mol. The highest BCUT2D eigenvalue weighted by Crippen LogP contribution is 2.12. The Kier molecular flexibility index (Phi) is 5.46. The molecule has 1 aliphatic heterocycles. The first kappa shape index (κ1) is 16.5. The highest BCUT2D eigenvalue weighted by atomic mass is 16.5. The van der Waals surface area contributed by atoms with E-state index in [1.54, 1.807) is 0 Å². The Morgan fingerprint density at radius 2 is 1.83 bits per heavy atom. The van der Waals surface area contributed by atoms with Crippen LogP contribution in [0.25, 0.3) is 0 Å². The van der Waals surface area contributed by atoms with Crippen molar-refractivity contribution in [2.45, 2.75) is 31.7 Å². The maximum atomic E-state index is 12.0. The summed E-state index contributed by atoms with van der Waals surface area (Å²) < 4.78 is 5.71. The minimum Gasteiger partial charge on any atom is -0.489 e. The molecule has 126 valence electrons. The number of β-amino-alcohol motifs (C(OH)–C–C–N with tert-alkyl or cyclic N) is 1. The van der Waals surface area contributed by atoms with Gasteiger partial charge in [-0.1, -0.05) is 42.5 Å². The van der Waals surface area contributed by atoms with Crippen LogP contribution in [0.4, 0.5) is 0 Å². The van der Waals surface area contributed by atoms with E-state index < -0.39 is 6.10 Å². The fourth-order valence-corrected chi connectivity index (χ4v) is 2.67. The number of benzene rings is 2. The Morgan fingerprint density at radius 3 is 2.50 bits per heavy atom. The quantitative estimate of drug-likeness (QED) is 0.754. The molecular weight excluding hydrogens is 304 g/mol. The van der Waals surface area contributed by atoms with Crippen LogP contribution in [0.5, 0.6) is 5.75 Å². The van der Waals surface area contributed by atoms with Crippen molar-refractivity contribution in [1.82, 2.24) is 10.6 Å². The first-order valence-corrected chi connectivity index (χ1v) is 8.15. The number of para-hydroxylation sites is 1. The summed E-state index contributed by atoms with van der Waals surface area (Å²) in [4.78, 5) is 12.0. The Morgan fingerprint density at radius 1 is 1.12 bits per heavy atom. The molecule has 0 spiro atoms. The molecule has 1 saturated heterocycles. The van der Waals surface area contributed by atoms with Gasteiger partial charge in [-0.05, 0) is 29.7 Å². The molecule has 1 amide bonds. The van der Waals surface area contributed by atoms with E-state index in [0.29, 0.717) is 26.1 Å². The number of aliphatic hydroxyl groups excluding tert-OH is 1. The standard InChI is InChI=1S/C19H22N2O3/c22-16-10-18(20-12-16)19(23)21-11-14-6-8-15(9-7-14)13-24-17-4-2-1-3-5-17/h1-9,16,18,20,22H,10-13H2,(H,21,23)/t16-,18-/m0/s1. The lowest BCUT2D eigenvalue weighted by Crippen LogP contribution is -2.39. The third kappa shape index (κ3) is 4.57. The van der Waals surface area contributed by atoms with E-state index in [1.165, 1.54) is 0 Å². The molecular formula is C19H22N2O3. The second kappa shape index (κ2) is 7.95. The summed E-state index contributed by atoms with van der Waals surface area (Å²) in [7, 11) is 0. The largest absolute Gasteiger partial charge is 0.489 e. The van der Waals surface area contributed by atoms with E-state index in [9.17, 15) is 9.90 Å². The lowest BCUT2D eigenvalue weighted by Gasteiger charge is -2.11. The summed E-state index contributed by atoms with van der Waals surface area (Å²) in [6.07, 6.45) is 0.0476. The summed E-state index contributed by atoms with van der Waals surface area (Å²) in [6, 6.07) is 17.4. The summed E-state index contributed by atoms with van der Waals surface area (Å²) in [5, 5.41) is 15.3. The molecule has 3 rings (SSSR count). The summed E-state index contributed by atoms with van der Waals surface area (Å²) in [5.41, 5.74) is 2.11. The molecule has 5 heteroatoms. The fraction of sp³-hybridized carbons (Fsp3) is 0.316. The van der Waals surface area contributed by atoms with E-state index >= 15 is 0 Å².